The molecular weight excluding hydrogens is 268 g/mol. The van der Waals surface area contributed by atoms with Gasteiger partial charge in [0.1, 0.15) is 5.82 Å². The molecule has 1 N–H and O–H groups in total. The van der Waals surface area contributed by atoms with E-state index in [4.69, 9.17) is 0 Å². The number of aromatic amines is 1. The summed E-state index contributed by atoms with van der Waals surface area (Å²) in [6.07, 6.45) is 1.63. The average Bonchev–Trinajstić information content (AvgIpc) is 3.02. The van der Waals surface area contributed by atoms with Gasteiger partial charge in [0.15, 0.2) is 0 Å². The average molecular weight is 288 g/mol. The SMILES string of the molecule is CCN1CCn2c(CCc3c(C)n[nH]c3C)nnc2C1=O. The van der Waals surface area contributed by atoms with Gasteiger partial charge in [-0.2, -0.15) is 5.10 Å². The second-order valence-electron chi connectivity index (χ2n) is 5.39. The van der Waals surface area contributed by atoms with E-state index in [-0.39, 0.29) is 5.91 Å². The van der Waals surface area contributed by atoms with Crippen LogP contribution in [0.4, 0.5) is 0 Å². The fourth-order valence-electron chi connectivity index (χ4n) is 2.86. The van der Waals surface area contributed by atoms with Crippen LogP contribution in [0.1, 0.15) is 40.3 Å². The van der Waals surface area contributed by atoms with Crippen LogP contribution in [-0.4, -0.2) is 48.9 Å². The summed E-state index contributed by atoms with van der Waals surface area (Å²) in [5.74, 6) is 1.34. The minimum Gasteiger partial charge on any atom is -0.334 e. The minimum atomic E-state index is -0.0156. The summed E-state index contributed by atoms with van der Waals surface area (Å²) in [5.41, 5.74) is 3.35. The summed E-state index contributed by atoms with van der Waals surface area (Å²) < 4.78 is 1.96. The van der Waals surface area contributed by atoms with Crippen LogP contribution in [0.3, 0.4) is 0 Å². The number of H-pyrrole nitrogens is 1. The van der Waals surface area contributed by atoms with Crippen LogP contribution < -0.4 is 0 Å². The highest BCUT2D eigenvalue weighted by atomic mass is 16.2. The molecule has 21 heavy (non-hydrogen) atoms. The zero-order valence-corrected chi connectivity index (χ0v) is 12.7. The van der Waals surface area contributed by atoms with Gasteiger partial charge in [-0.3, -0.25) is 9.89 Å². The van der Waals surface area contributed by atoms with E-state index in [1.165, 1.54) is 5.56 Å². The van der Waals surface area contributed by atoms with Crippen molar-refractivity contribution < 1.29 is 4.79 Å². The van der Waals surface area contributed by atoms with Gasteiger partial charge < -0.3 is 9.47 Å². The third-order valence-corrected chi connectivity index (χ3v) is 4.16. The molecule has 0 spiro atoms. The van der Waals surface area contributed by atoms with Gasteiger partial charge in [-0.1, -0.05) is 0 Å². The maximum absolute atomic E-state index is 12.2. The predicted molar refractivity (Wildman–Crippen MR) is 77.1 cm³/mol. The molecule has 2 aromatic rings. The van der Waals surface area contributed by atoms with Crippen LogP contribution in [0.5, 0.6) is 0 Å². The number of likely N-dealkylation sites (N-methyl/N-ethyl adjacent to an activating group) is 1. The Balaban J connectivity index is 1.78. The molecule has 0 aromatic carbocycles. The lowest BCUT2D eigenvalue weighted by Gasteiger charge is -2.26. The molecule has 0 atom stereocenters. The van der Waals surface area contributed by atoms with Crippen LogP contribution >= 0.6 is 0 Å². The monoisotopic (exact) mass is 288 g/mol. The van der Waals surface area contributed by atoms with Gasteiger partial charge in [0.2, 0.25) is 5.82 Å². The molecule has 112 valence electrons. The normalized spacial score (nSPS) is 14.6. The van der Waals surface area contributed by atoms with E-state index in [2.05, 4.69) is 20.4 Å². The molecule has 0 bridgehead atoms. The molecule has 2 aromatic heterocycles. The molecule has 3 heterocycles. The Kier molecular flexibility index (Phi) is 3.48. The van der Waals surface area contributed by atoms with Gasteiger partial charge in [-0.05, 0) is 32.8 Å². The second-order valence-corrected chi connectivity index (χ2v) is 5.39. The van der Waals surface area contributed by atoms with E-state index in [0.717, 1.165) is 43.1 Å². The maximum atomic E-state index is 12.2. The van der Waals surface area contributed by atoms with Crippen molar-refractivity contribution >= 4 is 5.91 Å². The number of nitrogens with one attached hydrogen (secondary N) is 1. The first kappa shape index (κ1) is 13.8. The van der Waals surface area contributed by atoms with Gasteiger partial charge in [-0.25, -0.2) is 0 Å². The highest BCUT2D eigenvalue weighted by Gasteiger charge is 2.27. The summed E-state index contributed by atoms with van der Waals surface area (Å²) in [6, 6.07) is 0. The molecule has 1 aliphatic heterocycles. The van der Waals surface area contributed by atoms with Crippen LogP contribution in [0, 0.1) is 13.8 Å². The lowest BCUT2D eigenvalue weighted by atomic mass is 10.1. The van der Waals surface area contributed by atoms with Gasteiger partial charge in [0, 0.05) is 31.7 Å². The van der Waals surface area contributed by atoms with E-state index in [9.17, 15) is 4.79 Å². The smallest absolute Gasteiger partial charge is 0.291 e. The molecule has 0 aliphatic carbocycles. The van der Waals surface area contributed by atoms with Gasteiger partial charge in [-0.15, -0.1) is 10.2 Å². The lowest BCUT2D eigenvalue weighted by molar-refractivity contribution is 0.0705. The first-order valence-corrected chi connectivity index (χ1v) is 7.33. The van der Waals surface area contributed by atoms with E-state index >= 15 is 0 Å². The van der Waals surface area contributed by atoms with E-state index in [1.54, 1.807) is 4.90 Å². The van der Waals surface area contributed by atoms with Crippen molar-refractivity contribution in [1.82, 2.24) is 29.9 Å². The second kappa shape index (κ2) is 5.31. The van der Waals surface area contributed by atoms with Crippen molar-refractivity contribution in [1.29, 1.82) is 0 Å². The molecule has 3 rings (SSSR count). The Hall–Kier alpha value is -2.18. The standard InChI is InChI=1S/C14H20N6O/c1-4-19-7-8-20-12(17-18-13(20)14(19)21)6-5-11-9(2)15-16-10(11)3/h4-8H2,1-3H3,(H,15,16). The zero-order valence-electron chi connectivity index (χ0n) is 12.7. The van der Waals surface area contributed by atoms with Gasteiger partial charge in [0.25, 0.3) is 5.91 Å². The molecule has 1 amide bonds. The molecule has 0 fully saturated rings. The first-order valence-electron chi connectivity index (χ1n) is 7.33. The van der Waals surface area contributed by atoms with Crippen LogP contribution in [0.25, 0.3) is 0 Å². The fraction of sp³-hybridized carbons (Fsp3) is 0.571. The summed E-state index contributed by atoms with van der Waals surface area (Å²) in [7, 11) is 0. The van der Waals surface area contributed by atoms with Crippen molar-refractivity contribution in [3.8, 4) is 0 Å². The molecule has 7 nitrogen and oxygen atoms in total. The molecule has 0 radical (unpaired) electrons. The maximum Gasteiger partial charge on any atom is 0.291 e. The number of hydrogen-bond donors (Lipinski definition) is 1. The number of carbonyl (C=O) groups is 1. The summed E-state index contributed by atoms with van der Waals surface area (Å²) in [4.78, 5) is 14.0. The fourth-order valence-corrected chi connectivity index (χ4v) is 2.86. The van der Waals surface area contributed by atoms with Gasteiger partial charge in [0.05, 0.1) is 5.69 Å². The number of hydrogen-bond acceptors (Lipinski definition) is 4. The third kappa shape index (κ3) is 2.32. The van der Waals surface area contributed by atoms with Gasteiger partial charge >= 0.3 is 0 Å². The van der Waals surface area contributed by atoms with Crippen LogP contribution in [0.15, 0.2) is 0 Å². The Morgan fingerprint density at radius 3 is 2.67 bits per heavy atom. The zero-order chi connectivity index (χ0) is 15.0. The predicted octanol–water partition coefficient (Wildman–Crippen LogP) is 0.879. The topological polar surface area (TPSA) is 79.7 Å². The summed E-state index contributed by atoms with van der Waals surface area (Å²) in [6.45, 7) is 8.24. The summed E-state index contributed by atoms with van der Waals surface area (Å²) in [5, 5.41) is 15.5. The molecular formula is C14H20N6O. The summed E-state index contributed by atoms with van der Waals surface area (Å²) >= 11 is 0. The van der Waals surface area contributed by atoms with E-state index in [1.807, 2.05) is 25.3 Å². The van der Waals surface area contributed by atoms with Crippen molar-refractivity contribution in [3.63, 3.8) is 0 Å². The Morgan fingerprint density at radius 2 is 2.00 bits per heavy atom. The first-order chi connectivity index (χ1) is 10.1. The molecule has 1 aliphatic rings. The molecule has 0 unspecified atom stereocenters. The number of aryl methyl sites for hydroxylation is 3. The van der Waals surface area contributed by atoms with Crippen LogP contribution in [-0.2, 0) is 19.4 Å². The number of fused-ring (bicyclic) bond motifs is 1. The van der Waals surface area contributed by atoms with E-state index in [0.29, 0.717) is 12.4 Å². The number of carbonyl (C=O) groups excluding carboxylic acids is 1. The van der Waals surface area contributed by atoms with Crippen molar-refractivity contribution in [2.45, 2.75) is 40.2 Å². The van der Waals surface area contributed by atoms with Crippen molar-refractivity contribution in [3.05, 3.63) is 28.6 Å². The third-order valence-electron chi connectivity index (χ3n) is 4.16. The quantitative estimate of drug-likeness (QED) is 0.905. The molecule has 0 saturated heterocycles. The Labute approximate surface area is 123 Å². The van der Waals surface area contributed by atoms with Crippen molar-refractivity contribution in [2.75, 3.05) is 13.1 Å². The number of nitrogens with zero attached hydrogens (tertiary/aromatic N) is 5. The van der Waals surface area contributed by atoms with E-state index < -0.39 is 0 Å². The Morgan fingerprint density at radius 1 is 1.19 bits per heavy atom. The lowest BCUT2D eigenvalue weighted by Crippen LogP contribution is -2.40. The van der Waals surface area contributed by atoms with Crippen molar-refractivity contribution in [2.24, 2.45) is 0 Å². The minimum absolute atomic E-state index is 0.0156. The number of amides is 1. The molecule has 7 heteroatoms. The number of aromatic nitrogens is 5. The van der Waals surface area contributed by atoms with Crippen LogP contribution in [0.2, 0.25) is 0 Å². The molecule has 0 saturated carbocycles. The highest BCUT2D eigenvalue weighted by Crippen LogP contribution is 2.16. The highest BCUT2D eigenvalue weighted by molar-refractivity contribution is 5.91. The Bertz CT molecular complexity index is 652. The largest absolute Gasteiger partial charge is 0.334 e. The number of rotatable bonds is 4.